The highest BCUT2D eigenvalue weighted by atomic mass is 15.1. The second-order valence-corrected chi connectivity index (χ2v) is 5.83. The highest BCUT2D eigenvalue weighted by molar-refractivity contribution is 5.22. The van der Waals surface area contributed by atoms with Gasteiger partial charge in [-0.3, -0.25) is 4.90 Å². The summed E-state index contributed by atoms with van der Waals surface area (Å²) in [5.41, 5.74) is 8.95. The minimum atomic E-state index is 0.361. The largest absolute Gasteiger partial charge is 0.327 e. The Morgan fingerprint density at radius 1 is 1.33 bits per heavy atom. The monoisotopic (exact) mass is 246 g/mol. The summed E-state index contributed by atoms with van der Waals surface area (Å²) in [5.74, 6) is 0.795. The molecule has 0 bridgehead atoms. The van der Waals surface area contributed by atoms with E-state index in [1.165, 1.54) is 36.9 Å². The molecule has 0 aliphatic carbocycles. The highest BCUT2D eigenvalue weighted by Crippen LogP contribution is 2.22. The van der Waals surface area contributed by atoms with Crippen LogP contribution in [0.5, 0.6) is 0 Å². The van der Waals surface area contributed by atoms with Gasteiger partial charge in [-0.15, -0.1) is 0 Å². The molecule has 1 aliphatic rings. The average molecular weight is 246 g/mol. The molecule has 1 aromatic carbocycles. The Kier molecular flexibility index (Phi) is 4.79. The van der Waals surface area contributed by atoms with Crippen LogP contribution in [0.2, 0.25) is 0 Å². The molecule has 2 atom stereocenters. The summed E-state index contributed by atoms with van der Waals surface area (Å²) in [4.78, 5) is 2.53. The lowest BCUT2D eigenvalue weighted by molar-refractivity contribution is 0.144. The van der Waals surface area contributed by atoms with E-state index >= 15 is 0 Å². The van der Waals surface area contributed by atoms with Gasteiger partial charge < -0.3 is 5.73 Å². The number of hydrogen-bond donors (Lipinski definition) is 1. The maximum absolute atomic E-state index is 6.19. The van der Waals surface area contributed by atoms with E-state index in [-0.39, 0.29) is 0 Å². The molecular weight excluding hydrogens is 220 g/mol. The van der Waals surface area contributed by atoms with E-state index in [1.54, 1.807) is 0 Å². The molecule has 2 rings (SSSR count). The van der Waals surface area contributed by atoms with Crippen molar-refractivity contribution in [3.63, 3.8) is 0 Å². The van der Waals surface area contributed by atoms with Crippen LogP contribution in [0.25, 0.3) is 0 Å². The number of aryl methyl sites for hydroxylation is 1. The van der Waals surface area contributed by atoms with Crippen molar-refractivity contribution in [2.75, 3.05) is 13.1 Å². The van der Waals surface area contributed by atoms with Crippen LogP contribution in [-0.2, 0) is 6.54 Å². The molecule has 1 aromatic rings. The third-order valence-electron chi connectivity index (χ3n) is 3.83. The van der Waals surface area contributed by atoms with Crippen molar-refractivity contribution in [2.45, 2.75) is 45.7 Å². The van der Waals surface area contributed by atoms with E-state index in [9.17, 15) is 0 Å². The topological polar surface area (TPSA) is 29.3 Å². The Morgan fingerprint density at radius 2 is 2.17 bits per heavy atom. The van der Waals surface area contributed by atoms with Crippen molar-refractivity contribution in [3.8, 4) is 0 Å². The van der Waals surface area contributed by atoms with Gasteiger partial charge in [-0.25, -0.2) is 0 Å². The van der Waals surface area contributed by atoms with Crippen molar-refractivity contribution in [3.05, 3.63) is 35.4 Å². The summed E-state index contributed by atoms with van der Waals surface area (Å²) in [6.07, 6.45) is 3.80. The number of nitrogens with two attached hydrogens (primary N) is 1. The summed E-state index contributed by atoms with van der Waals surface area (Å²) in [6.45, 7) is 7.75. The Bertz CT molecular complexity index is 375. The Balaban J connectivity index is 1.95. The van der Waals surface area contributed by atoms with E-state index < -0.39 is 0 Å². The maximum Gasteiger partial charge on any atom is 0.0234 e. The fourth-order valence-corrected chi connectivity index (χ4v) is 3.16. The second-order valence-electron chi connectivity index (χ2n) is 5.83. The molecule has 0 saturated carbocycles. The van der Waals surface area contributed by atoms with Crippen molar-refractivity contribution in [2.24, 2.45) is 11.7 Å². The molecule has 1 aliphatic heterocycles. The molecule has 0 amide bonds. The van der Waals surface area contributed by atoms with E-state index in [2.05, 4.69) is 43.0 Å². The zero-order valence-electron chi connectivity index (χ0n) is 11.7. The first-order valence-electron chi connectivity index (χ1n) is 7.21. The molecule has 18 heavy (non-hydrogen) atoms. The van der Waals surface area contributed by atoms with Crippen LogP contribution in [0.3, 0.4) is 0 Å². The predicted molar refractivity (Wildman–Crippen MR) is 77.4 cm³/mol. The molecule has 2 unspecified atom stereocenters. The summed E-state index contributed by atoms with van der Waals surface area (Å²) >= 11 is 0. The summed E-state index contributed by atoms with van der Waals surface area (Å²) in [6, 6.07) is 9.18. The summed E-state index contributed by atoms with van der Waals surface area (Å²) in [5, 5.41) is 0. The molecule has 2 nitrogen and oxygen atoms in total. The van der Waals surface area contributed by atoms with Crippen molar-refractivity contribution in [1.29, 1.82) is 0 Å². The fraction of sp³-hybridized carbons (Fsp3) is 0.625. The Hall–Kier alpha value is -0.860. The first-order valence-corrected chi connectivity index (χ1v) is 7.21. The maximum atomic E-state index is 6.19. The number of likely N-dealkylation sites (tertiary alicyclic amines) is 1. The van der Waals surface area contributed by atoms with Gasteiger partial charge in [0.2, 0.25) is 0 Å². The van der Waals surface area contributed by atoms with Gasteiger partial charge in [0.15, 0.2) is 0 Å². The van der Waals surface area contributed by atoms with Crippen LogP contribution in [0.15, 0.2) is 24.3 Å². The quantitative estimate of drug-likeness (QED) is 0.885. The highest BCUT2D eigenvalue weighted by Gasteiger charge is 2.24. The molecule has 1 fully saturated rings. The smallest absolute Gasteiger partial charge is 0.0234 e. The Labute approximate surface area is 111 Å². The van der Waals surface area contributed by atoms with Gasteiger partial charge in [0.1, 0.15) is 0 Å². The fourth-order valence-electron chi connectivity index (χ4n) is 3.16. The predicted octanol–water partition coefficient (Wildman–Crippen LogP) is 2.94. The van der Waals surface area contributed by atoms with Crippen LogP contribution >= 0.6 is 0 Å². The van der Waals surface area contributed by atoms with Crippen molar-refractivity contribution < 1.29 is 0 Å². The van der Waals surface area contributed by atoms with Crippen LogP contribution < -0.4 is 5.73 Å². The second kappa shape index (κ2) is 6.35. The third kappa shape index (κ3) is 3.82. The van der Waals surface area contributed by atoms with Crippen LogP contribution in [0, 0.1) is 12.8 Å². The molecule has 2 N–H and O–H groups in total. The number of nitrogens with zero attached hydrogens (tertiary/aromatic N) is 1. The molecule has 1 saturated heterocycles. The minimum Gasteiger partial charge on any atom is -0.327 e. The van der Waals surface area contributed by atoms with Gasteiger partial charge >= 0.3 is 0 Å². The lowest BCUT2D eigenvalue weighted by atomic mass is 9.91. The number of hydrogen-bond acceptors (Lipinski definition) is 2. The third-order valence-corrected chi connectivity index (χ3v) is 3.83. The van der Waals surface area contributed by atoms with Crippen molar-refractivity contribution in [1.82, 2.24) is 4.90 Å². The van der Waals surface area contributed by atoms with Gasteiger partial charge in [0.05, 0.1) is 0 Å². The molecule has 0 aromatic heterocycles. The van der Waals surface area contributed by atoms with E-state index in [1.807, 2.05) is 0 Å². The lowest BCUT2D eigenvalue weighted by Crippen LogP contribution is -2.46. The molecule has 1 heterocycles. The zero-order valence-corrected chi connectivity index (χ0v) is 11.7. The number of piperidine rings is 1. The summed E-state index contributed by atoms with van der Waals surface area (Å²) < 4.78 is 0. The van der Waals surface area contributed by atoms with Gasteiger partial charge in [0, 0.05) is 25.7 Å². The molecule has 2 heteroatoms. The first kappa shape index (κ1) is 13.6. The molecular formula is C16H26N2. The van der Waals surface area contributed by atoms with Gasteiger partial charge in [-0.05, 0) is 31.2 Å². The lowest BCUT2D eigenvalue weighted by Gasteiger charge is -2.36. The zero-order chi connectivity index (χ0) is 13.0. The average Bonchev–Trinajstić information content (AvgIpc) is 2.28. The van der Waals surface area contributed by atoms with Gasteiger partial charge in [0.25, 0.3) is 0 Å². The van der Waals surface area contributed by atoms with E-state index in [0.29, 0.717) is 6.04 Å². The van der Waals surface area contributed by atoms with E-state index in [0.717, 1.165) is 19.0 Å². The first-order chi connectivity index (χ1) is 8.67. The molecule has 100 valence electrons. The SMILES string of the molecule is CCCC1CC(N)CN(Cc2cccc(C)c2)C1. The number of benzene rings is 1. The van der Waals surface area contributed by atoms with Crippen molar-refractivity contribution >= 4 is 0 Å². The van der Waals surface area contributed by atoms with Crippen LogP contribution in [-0.4, -0.2) is 24.0 Å². The van der Waals surface area contributed by atoms with Gasteiger partial charge in [-0.2, -0.15) is 0 Å². The van der Waals surface area contributed by atoms with Crippen LogP contribution in [0.1, 0.15) is 37.3 Å². The standard InChI is InChI=1S/C16H26N2/c1-3-5-14-9-16(17)12-18(10-14)11-15-7-4-6-13(2)8-15/h4,6-8,14,16H,3,5,9-12,17H2,1-2H3. The number of rotatable bonds is 4. The van der Waals surface area contributed by atoms with Crippen LogP contribution in [0.4, 0.5) is 0 Å². The molecule has 0 radical (unpaired) electrons. The Morgan fingerprint density at radius 3 is 2.89 bits per heavy atom. The minimum absolute atomic E-state index is 0.361. The van der Waals surface area contributed by atoms with E-state index in [4.69, 9.17) is 5.73 Å². The normalized spacial score (nSPS) is 25.3. The summed E-state index contributed by atoms with van der Waals surface area (Å²) in [7, 11) is 0. The molecule has 0 spiro atoms. The van der Waals surface area contributed by atoms with Gasteiger partial charge in [-0.1, -0.05) is 43.2 Å².